The lowest BCUT2D eigenvalue weighted by atomic mass is 9.33. The summed E-state index contributed by atoms with van der Waals surface area (Å²) in [6, 6.07) is 59.2. The Morgan fingerprint density at radius 2 is 0.881 bits per heavy atom. The lowest BCUT2D eigenvalue weighted by Crippen LogP contribution is -2.62. The van der Waals surface area contributed by atoms with Crippen molar-refractivity contribution >= 4 is 100 Å². The number of nitrogens with zero attached hydrogens (tertiary/aromatic N) is 3. The van der Waals surface area contributed by atoms with Crippen LogP contribution in [-0.2, 0) is 37.9 Å². The fourth-order valence-corrected chi connectivity index (χ4v) is 19.8. The summed E-state index contributed by atoms with van der Waals surface area (Å²) in [6.45, 7) is 35.4. The van der Waals surface area contributed by atoms with E-state index in [4.69, 9.17) is 0 Å². The van der Waals surface area contributed by atoms with Gasteiger partial charge >= 0.3 is 0 Å². The van der Waals surface area contributed by atoms with Gasteiger partial charge in [0.2, 0.25) is 0 Å². The maximum absolute atomic E-state index is 2.88. The summed E-state index contributed by atoms with van der Waals surface area (Å²) in [5.74, 6) is 0. The molecule has 4 heterocycles. The second-order valence-electron chi connectivity index (χ2n) is 31.6. The molecule has 3 aliphatic heterocycles. The molecular weight excluding hydrogens is 1030 g/mol. The number of anilines is 8. The molecule has 0 N–H and O–H groups in total. The molecule has 0 saturated heterocycles. The van der Waals surface area contributed by atoms with Crippen molar-refractivity contribution < 1.29 is 0 Å². The Kier molecular flexibility index (Phi) is 10.8. The van der Waals surface area contributed by atoms with Crippen molar-refractivity contribution in [2.45, 2.75) is 198 Å². The molecule has 1 saturated carbocycles. The summed E-state index contributed by atoms with van der Waals surface area (Å²) in [5, 5.41) is 2.67. The Bertz CT molecular complexity index is 4320. The van der Waals surface area contributed by atoms with Crippen LogP contribution in [0.4, 0.5) is 45.5 Å². The average molecular weight is 1120 g/mol. The highest BCUT2D eigenvalue weighted by Gasteiger charge is 2.59. The van der Waals surface area contributed by atoms with Gasteiger partial charge in [-0.1, -0.05) is 176 Å². The van der Waals surface area contributed by atoms with Crippen molar-refractivity contribution in [2.24, 2.45) is 0 Å². The molecule has 1 aromatic heterocycles. The Morgan fingerprint density at radius 3 is 1.54 bits per heavy atom. The molecular formula is C79H84BN3S. The minimum atomic E-state index is -0.181. The van der Waals surface area contributed by atoms with Gasteiger partial charge in [0.25, 0.3) is 6.71 Å². The van der Waals surface area contributed by atoms with Gasteiger partial charge in [-0.2, -0.15) is 0 Å². The van der Waals surface area contributed by atoms with Gasteiger partial charge in [0.15, 0.2) is 0 Å². The van der Waals surface area contributed by atoms with E-state index < -0.39 is 0 Å². The van der Waals surface area contributed by atoms with E-state index in [1.165, 1.54) is 171 Å². The van der Waals surface area contributed by atoms with Gasteiger partial charge in [0.1, 0.15) is 0 Å². The first-order valence-corrected chi connectivity index (χ1v) is 32.8. The third-order valence-corrected chi connectivity index (χ3v) is 24.8. The van der Waals surface area contributed by atoms with Crippen LogP contribution in [-0.4, -0.2) is 12.3 Å². The first-order chi connectivity index (χ1) is 39.8. The number of benzene rings is 8. The first-order valence-electron chi connectivity index (χ1n) is 32.0. The average Bonchev–Trinajstić information content (AvgIpc) is 1.18. The van der Waals surface area contributed by atoms with Gasteiger partial charge < -0.3 is 14.7 Å². The molecule has 0 bridgehead atoms. The standard InChI is InChI=1S/C79H84BN3S/c1-72(2)34-35-73(3,4)56-40-51(27-29-55(56)72)82-65-45-59-57(74(5,6)36-37-75(59,7)8)43-62(65)80-63-44-58-60(77(11,12)47-76(58,9)10)46-66(63)81(50-28-31-70-54(39-50)53-24-18-19-25-69(53)84-70)67-41-52(42-68(82)71(67)80)83-64-30-26-49(48-22-16-15-17-23-48)38-61(64)78(13)32-20-21-33-79(78,83)14/h15-19,22-31,38-46H,20-21,32-37,47H2,1-14H3. The summed E-state index contributed by atoms with van der Waals surface area (Å²) in [5.41, 5.74) is 27.8. The van der Waals surface area contributed by atoms with Crippen LogP contribution in [0.3, 0.4) is 0 Å². The van der Waals surface area contributed by atoms with Crippen molar-refractivity contribution in [1.29, 1.82) is 0 Å². The zero-order chi connectivity index (χ0) is 58.2. The van der Waals surface area contributed by atoms with Crippen LogP contribution in [0.1, 0.15) is 194 Å². The molecule has 424 valence electrons. The van der Waals surface area contributed by atoms with Crippen LogP contribution in [0.2, 0.25) is 0 Å². The van der Waals surface area contributed by atoms with E-state index in [2.05, 4.69) is 257 Å². The quantitative estimate of drug-likeness (QED) is 0.163. The summed E-state index contributed by atoms with van der Waals surface area (Å²) in [6.07, 6.45) is 10.5. The molecule has 8 aromatic carbocycles. The number of rotatable bonds is 4. The minimum Gasteiger partial charge on any atom is -0.334 e. The van der Waals surface area contributed by atoms with E-state index >= 15 is 0 Å². The number of fused-ring (bicyclic) bond motifs is 13. The van der Waals surface area contributed by atoms with Gasteiger partial charge in [-0.3, -0.25) is 0 Å². The topological polar surface area (TPSA) is 9.72 Å². The van der Waals surface area contributed by atoms with Gasteiger partial charge in [0.05, 0.1) is 5.54 Å². The maximum Gasteiger partial charge on any atom is 0.252 e. The summed E-state index contributed by atoms with van der Waals surface area (Å²) >= 11 is 1.92. The van der Waals surface area contributed by atoms with E-state index in [1.807, 2.05) is 11.3 Å². The lowest BCUT2D eigenvalue weighted by Gasteiger charge is -2.51. The molecule has 9 aromatic rings. The molecule has 2 unspecified atom stereocenters. The van der Waals surface area contributed by atoms with Crippen LogP contribution >= 0.6 is 11.3 Å². The first kappa shape index (κ1) is 53.0. The molecule has 1 fully saturated rings. The normalized spacial score (nSPS) is 23.7. The van der Waals surface area contributed by atoms with Crippen molar-refractivity contribution in [2.75, 3.05) is 14.7 Å². The van der Waals surface area contributed by atoms with Crippen molar-refractivity contribution in [3.05, 3.63) is 185 Å². The third-order valence-electron chi connectivity index (χ3n) is 23.7. The van der Waals surface area contributed by atoms with Crippen LogP contribution < -0.4 is 31.1 Å². The number of hydrogen-bond donors (Lipinski definition) is 0. The molecule has 7 aliphatic rings. The summed E-state index contributed by atoms with van der Waals surface area (Å²) < 4.78 is 2.68. The fraction of sp³-hybridized carbons (Fsp3) is 0.392. The largest absolute Gasteiger partial charge is 0.334 e. The van der Waals surface area contributed by atoms with Crippen LogP contribution in [0.15, 0.2) is 146 Å². The lowest BCUT2D eigenvalue weighted by molar-refractivity contribution is 0.195. The Hall–Kier alpha value is -6.56. The molecule has 4 aliphatic carbocycles. The van der Waals surface area contributed by atoms with Crippen LogP contribution in [0, 0.1) is 0 Å². The SMILES string of the molecule is CC1(C)CCC(C)(C)c2cc(N3c4cc5c(cc4B4c6cc7c(cc6N(c6ccc8sc9ccccc9c8c6)c6cc(N8c9ccc(-c%10ccccc%10)cc9C9(C)CCCCC89C)cc3c64)C(C)(C)CC7(C)C)C(C)(C)CCC5(C)C)ccc21. The monoisotopic (exact) mass is 1120 g/mol. The number of thiophene rings is 1. The highest BCUT2D eigenvalue weighted by molar-refractivity contribution is 7.25. The predicted molar refractivity (Wildman–Crippen MR) is 363 cm³/mol. The van der Waals surface area contributed by atoms with Crippen molar-refractivity contribution in [3.63, 3.8) is 0 Å². The van der Waals surface area contributed by atoms with Gasteiger partial charge in [-0.05, 0) is 224 Å². The molecule has 5 heteroatoms. The van der Waals surface area contributed by atoms with Crippen molar-refractivity contribution in [3.8, 4) is 11.1 Å². The second kappa shape index (κ2) is 17.1. The fourth-order valence-electron chi connectivity index (χ4n) is 18.7. The highest BCUT2D eigenvalue weighted by atomic mass is 32.1. The molecule has 2 atom stereocenters. The zero-order valence-corrected chi connectivity index (χ0v) is 53.4. The van der Waals surface area contributed by atoms with Gasteiger partial charge in [-0.25, -0.2) is 0 Å². The van der Waals surface area contributed by atoms with E-state index in [0.717, 1.165) is 19.3 Å². The van der Waals surface area contributed by atoms with Gasteiger partial charge in [-0.15, -0.1) is 11.3 Å². The second-order valence-corrected chi connectivity index (χ2v) is 32.7. The van der Waals surface area contributed by atoms with Gasteiger partial charge in [0, 0.05) is 71.1 Å². The Balaban J connectivity index is 1.06. The van der Waals surface area contributed by atoms with E-state index in [0.29, 0.717) is 0 Å². The van der Waals surface area contributed by atoms with Crippen molar-refractivity contribution in [1.82, 2.24) is 0 Å². The predicted octanol–water partition coefficient (Wildman–Crippen LogP) is 20.2. The minimum absolute atomic E-state index is 0.00295. The summed E-state index contributed by atoms with van der Waals surface area (Å²) in [4.78, 5) is 8.46. The van der Waals surface area contributed by atoms with E-state index in [9.17, 15) is 0 Å². The van der Waals surface area contributed by atoms with Crippen LogP contribution in [0.5, 0.6) is 0 Å². The third kappa shape index (κ3) is 7.17. The highest BCUT2D eigenvalue weighted by Crippen LogP contribution is 2.63. The molecule has 84 heavy (non-hydrogen) atoms. The zero-order valence-electron chi connectivity index (χ0n) is 52.5. The molecule has 16 rings (SSSR count). The van der Waals surface area contributed by atoms with E-state index in [1.54, 1.807) is 0 Å². The summed E-state index contributed by atoms with van der Waals surface area (Å²) in [7, 11) is 0. The Labute approximate surface area is 505 Å². The smallest absolute Gasteiger partial charge is 0.252 e. The molecule has 3 nitrogen and oxygen atoms in total. The van der Waals surface area contributed by atoms with Crippen LogP contribution in [0.25, 0.3) is 31.3 Å². The molecule has 0 spiro atoms. The molecule has 0 radical (unpaired) electrons. The molecule has 0 amide bonds. The van der Waals surface area contributed by atoms with E-state index in [-0.39, 0.29) is 50.2 Å². The number of hydrogen-bond acceptors (Lipinski definition) is 4. The Morgan fingerprint density at radius 1 is 0.357 bits per heavy atom. The maximum atomic E-state index is 2.88.